The van der Waals surface area contributed by atoms with E-state index in [1.165, 1.54) is 31.0 Å². The fraction of sp³-hybridized carbons (Fsp3) is 0.625. The molecule has 0 spiro atoms. The molecule has 2 bridgehead atoms. The van der Waals surface area contributed by atoms with Gasteiger partial charge >= 0.3 is 0 Å². The molecule has 3 rings (SSSR count). The van der Waals surface area contributed by atoms with Crippen molar-refractivity contribution >= 4 is 0 Å². The number of nitrogens with one attached hydrogen (secondary N) is 1. The lowest BCUT2D eigenvalue weighted by Gasteiger charge is -2.39. The zero-order valence-corrected chi connectivity index (χ0v) is 11.9. The zero-order valence-electron chi connectivity index (χ0n) is 11.9. The van der Waals surface area contributed by atoms with Gasteiger partial charge in [-0.25, -0.2) is 8.78 Å². The molecule has 0 aliphatic carbocycles. The summed E-state index contributed by atoms with van der Waals surface area (Å²) in [6, 6.07) is 5.38. The summed E-state index contributed by atoms with van der Waals surface area (Å²) in [5.74, 6) is -0.643. The van der Waals surface area contributed by atoms with E-state index < -0.39 is 0 Å². The molecule has 2 aliphatic heterocycles. The molecule has 2 unspecified atom stereocenters. The monoisotopic (exact) mass is 280 g/mol. The summed E-state index contributed by atoms with van der Waals surface area (Å²) in [5, 5.41) is 3.53. The van der Waals surface area contributed by atoms with E-state index in [2.05, 4.69) is 17.1 Å². The number of nitrogens with zero attached hydrogens (tertiary/aromatic N) is 1. The Balaban J connectivity index is 1.71. The van der Waals surface area contributed by atoms with Crippen LogP contribution in [0.3, 0.4) is 0 Å². The van der Waals surface area contributed by atoms with Crippen LogP contribution >= 0.6 is 0 Å². The van der Waals surface area contributed by atoms with Crippen molar-refractivity contribution in [1.82, 2.24) is 10.2 Å². The van der Waals surface area contributed by atoms with Crippen LogP contribution in [0.5, 0.6) is 0 Å². The number of benzene rings is 1. The maximum atomic E-state index is 13.8. The van der Waals surface area contributed by atoms with Crippen LogP contribution in [0.15, 0.2) is 18.2 Å². The smallest absolute Gasteiger partial charge is 0.127 e. The Morgan fingerprint density at radius 2 is 1.90 bits per heavy atom. The quantitative estimate of drug-likeness (QED) is 0.912. The molecule has 2 atom stereocenters. The third kappa shape index (κ3) is 2.72. The minimum absolute atomic E-state index is 0.292. The molecule has 1 aromatic carbocycles. The first-order valence-electron chi connectivity index (χ1n) is 7.60. The second kappa shape index (κ2) is 5.78. The summed E-state index contributed by atoms with van der Waals surface area (Å²) in [4.78, 5) is 2.38. The topological polar surface area (TPSA) is 15.3 Å². The molecule has 2 fully saturated rings. The molecule has 2 nitrogen and oxygen atoms in total. The summed E-state index contributed by atoms with van der Waals surface area (Å²) in [7, 11) is 0. The average molecular weight is 280 g/mol. The third-order valence-electron chi connectivity index (χ3n) is 4.74. The fourth-order valence-electron chi connectivity index (χ4n) is 3.85. The Morgan fingerprint density at radius 1 is 1.20 bits per heavy atom. The van der Waals surface area contributed by atoms with E-state index >= 15 is 0 Å². The van der Waals surface area contributed by atoms with E-state index in [0.717, 1.165) is 19.4 Å². The van der Waals surface area contributed by atoms with Crippen molar-refractivity contribution in [2.45, 2.75) is 57.3 Å². The van der Waals surface area contributed by atoms with Crippen LogP contribution in [0, 0.1) is 11.6 Å². The molecule has 4 heteroatoms. The number of piperidine rings is 1. The van der Waals surface area contributed by atoms with Gasteiger partial charge in [-0.3, -0.25) is 4.90 Å². The van der Waals surface area contributed by atoms with E-state index in [0.29, 0.717) is 30.2 Å². The highest BCUT2D eigenvalue weighted by molar-refractivity contribution is 5.19. The minimum Gasteiger partial charge on any atom is -0.314 e. The first-order chi connectivity index (χ1) is 9.67. The lowest BCUT2D eigenvalue weighted by Crippen LogP contribution is -2.48. The van der Waals surface area contributed by atoms with Crippen LogP contribution in [0.4, 0.5) is 8.78 Å². The van der Waals surface area contributed by atoms with Crippen molar-refractivity contribution in [3.05, 3.63) is 35.4 Å². The van der Waals surface area contributed by atoms with Crippen molar-refractivity contribution in [3.63, 3.8) is 0 Å². The fourth-order valence-corrected chi connectivity index (χ4v) is 3.85. The van der Waals surface area contributed by atoms with Gasteiger partial charge in [0, 0.05) is 30.2 Å². The van der Waals surface area contributed by atoms with Crippen molar-refractivity contribution in [2.24, 2.45) is 0 Å². The molecule has 0 saturated carbocycles. The second-order valence-corrected chi connectivity index (χ2v) is 6.02. The molecule has 0 radical (unpaired) electrons. The van der Waals surface area contributed by atoms with Crippen LogP contribution < -0.4 is 5.32 Å². The number of hydrogen-bond acceptors (Lipinski definition) is 2. The molecule has 1 aromatic rings. The highest BCUT2D eigenvalue weighted by atomic mass is 19.1. The second-order valence-electron chi connectivity index (χ2n) is 6.02. The van der Waals surface area contributed by atoms with Crippen molar-refractivity contribution < 1.29 is 8.78 Å². The van der Waals surface area contributed by atoms with Crippen LogP contribution in [0.25, 0.3) is 0 Å². The van der Waals surface area contributed by atoms with Gasteiger partial charge in [0.2, 0.25) is 0 Å². The van der Waals surface area contributed by atoms with Crippen molar-refractivity contribution in [2.75, 3.05) is 6.54 Å². The number of rotatable bonds is 4. The molecule has 2 aliphatic rings. The molecule has 0 aromatic heterocycles. The molecule has 1 N–H and O–H groups in total. The maximum absolute atomic E-state index is 13.8. The van der Waals surface area contributed by atoms with Crippen LogP contribution in [0.2, 0.25) is 0 Å². The first-order valence-corrected chi connectivity index (χ1v) is 7.60. The Hall–Kier alpha value is -1.00. The summed E-state index contributed by atoms with van der Waals surface area (Å²) in [6.45, 7) is 3.68. The lowest BCUT2D eigenvalue weighted by atomic mass is 9.96. The standard InChI is InChI=1S/C16H22F2N2/c1-2-19-13-8-14-4-5-15(9-13)20(14)10-11-7-12(17)3-6-16(11)18/h3,6-7,13-15,19H,2,4-5,8-10H2,1H3. The average Bonchev–Trinajstić information content (AvgIpc) is 2.66. The van der Waals surface area contributed by atoms with E-state index in [1.54, 1.807) is 0 Å². The molecule has 2 saturated heterocycles. The van der Waals surface area contributed by atoms with Crippen LogP contribution in [-0.4, -0.2) is 29.6 Å². The van der Waals surface area contributed by atoms with Gasteiger partial charge in [-0.2, -0.15) is 0 Å². The third-order valence-corrected chi connectivity index (χ3v) is 4.74. The SMILES string of the molecule is CCNC1CC2CCC(C1)N2Cc1cc(F)ccc1F. The molecule has 2 heterocycles. The highest BCUT2D eigenvalue weighted by Gasteiger charge is 2.40. The van der Waals surface area contributed by atoms with Gasteiger partial charge in [0.05, 0.1) is 0 Å². The number of fused-ring (bicyclic) bond motifs is 2. The summed E-state index contributed by atoms with van der Waals surface area (Å²) in [6.07, 6.45) is 4.62. The molecule has 0 amide bonds. The molecular weight excluding hydrogens is 258 g/mol. The van der Waals surface area contributed by atoms with Gasteiger partial charge in [-0.1, -0.05) is 6.92 Å². The normalized spacial score (nSPS) is 29.9. The Morgan fingerprint density at radius 3 is 2.55 bits per heavy atom. The molecule has 20 heavy (non-hydrogen) atoms. The van der Waals surface area contributed by atoms with Gasteiger partial charge in [0.15, 0.2) is 0 Å². The van der Waals surface area contributed by atoms with E-state index in [4.69, 9.17) is 0 Å². The number of hydrogen-bond donors (Lipinski definition) is 1. The largest absolute Gasteiger partial charge is 0.314 e. The van der Waals surface area contributed by atoms with Gasteiger partial charge in [0.25, 0.3) is 0 Å². The Bertz CT molecular complexity index is 464. The van der Waals surface area contributed by atoms with Gasteiger partial charge in [0.1, 0.15) is 11.6 Å². The predicted octanol–water partition coefficient (Wildman–Crippen LogP) is 3.07. The van der Waals surface area contributed by atoms with Crippen molar-refractivity contribution in [1.29, 1.82) is 0 Å². The van der Waals surface area contributed by atoms with E-state index in [1.807, 2.05) is 0 Å². The Kier molecular flexibility index (Phi) is 4.03. The van der Waals surface area contributed by atoms with Gasteiger partial charge in [-0.05, 0) is 50.4 Å². The van der Waals surface area contributed by atoms with Gasteiger partial charge in [-0.15, -0.1) is 0 Å². The van der Waals surface area contributed by atoms with Gasteiger partial charge < -0.3 is 5.32 Å². The highest BCUT2D eigenvalue weighted by Crippen LogP contribution is 2.37. The molecular formula is C16H22F2N2. The maximum Gasteiger partial charge on any atom is 0.127 e. The van der Waals surface area contributed by atoms with Crippen LogP contribution in [-0.2, 0) is 6.54 Å². The summed E-state index contributed by atoms with van der Waals surface area (Å²) >= 11 is 0. The molecule has 110 valence electrons. The minimum atomic E-state index is -0.351. The van der Waals surface area contributed by atoms with E-state index in [-0.39, 0.29) is 11.6 Å². The zero-order chi connectivity index (χ0) is 14.1. The van der Waals surface area contributed by atoms with E-state index in [9.17, 15) is 8.78 Å². The summed E-state index contributed by atoms with van der Waals surface area (Å²) < 4.78 is 27.1. The predicted molar refractivity (Wildman–Crippen MR) is 75.4 cm³/mol. The van der Waals surface area contributed by atoms with Crippen LogP contribution in [0.1, 0.15) is 38.2 Å². The number of halogens is 2. The summed E-state index contributed by atoms with van der Waals surface area (Å²) in [5.41, 5.74) is 0.490. The Labute approximate surface area is 119 Å². The first kappa shape index (κ1) is 14.0. The lowest BCUT2D eigenvalue weighted by molar-refractivity contribution is 0.108. The van der Waals surface area contributed by atoms with Crippen molar-refractivity contribution in [3.8, 4) is 0 Å².